The SMILES string of the molecule is Cc1cc(S(=O)(=O)N2CCCC2(C)C)cc([N+](=O)[O-])c1F. The minimum atomic E-state index is -3.88. The number of hydrogen-bond donors (Lipinski definition) is 0. The van der Waals surface area contributed by atoms with E-state index in [4.69, 9.17) is 0 Å². The van der Waals surface area contributed by atoms with E-state index < -0.39 is 32.0 Å². The van der Waals surface area contributed by atoms with Crippen LogP contribution in [0, 0.1) is 22.9 Å². The quantitative estimate of drug-likeness (QED) is 0.634. The second-order valence-corrected chi connectivity index (χ2v) is 7.69. The Morgan fingerprint density at radius 1 is 1.38 bits per heavy atom. The second kappa shape index (κ2) is 5.03. The molecular weight excluding hydrogens is 299 g/mol. The molecule has 0 N–H and O–H groups in total. The van der Waals surface area contributed by atoms with Gasteiger partial charge in [0, 0.05) is 18.2 Å². The summed E-state index contributed by atoms with van der Waals surface area (Å²) >= 11 is 0. The van der Waals surface area contributed by atoms with Crippen molar-refractivity contribution in [1.29, 1.82) is 0 Å². The first-order chi connectivity index (χ1) is 9.57. The van der Waals surface area contributed by atoms with E-state index in [1.54, 1.807) is 0 Å². The number of nitro groups is 1. The van der Waals surface area contributed by atoms with Gasteiger partial charge in [-0.2, -0.15) is 8.70 Å². The topological polar surface area (TPSA) is 80.5 Å². The van der Waals surface area contributed by atoms with Gasteiger partial charge in [0.05, 0.1) is 9.82 Å². The zero-order valence-electron chi connectivity index (χ0n) is 12.1. The maximum absolute atomic E-state index is 13.7. The molecule has 0 radical (unpaired) electrons. The highest BCUT2D eigenvalue weighted by Gasteiger charge is 2.41. The summed E-state index contributed by atoms with van der Waals surface area (Å²) in [6.07, 6.45) is 1.45. The average Bonchev–Trinajstić information content (AvgIpc) is 2.72. The fourth-order valence-electron chi connectivity index (χ4n) is 2.66. The molecule has 1 fully saturated rings. The Morgan fingerprint density at radius 3 is 2.48 bits per heavy atom. The van der Waals surface area contributed by atoms with Crippen LogP contribution in [-0.4, -0.2) is 29.7 Å². The van der Waals surface area contributed by atoms with E-state index in [0.717, 1.165) is 18.6 Å². The molecule has 1 aromatic rings. The van der Waals surface area contributed by atoms with Gasteiger partial charge in [-0.25, -0.2) is 8.42 Å². The van der Waals surface area contributed by atoms with Crippen LogP contribution in [0.5, 0.6) is 0 Å². The molecule has 21 heavy (non-hydrogen) atoms. The lowest BCUT2D eigenvalue weighted by molar-refractivity contribution is -0.387. The van der Waals surface area contributed by atoms with Gasteiger partial charge in [0.2, 0.25) is 15.8 Å². The van der Waals surface area contributed by atoms with Crippen LogP contribution >= 0.6 is 0 Å². The molecule has 0 saturated carbocycles. The van der Waals surface area contributed by atoms with Crippen LogP contribution in [0.15, 0.2) is 17.0 Å². The van der Waals surface area contributed by atoms with Crippen molar-refractivity contribution in [2.24, 2.45) is 0 Å². The van der Waals surface area contributed by atoms with Gasteiger partial charge in [-0.3, -0.25) is 10.1 Å². The standard InChI is InChI=1S/C13H17FN2O4S/c1-9-7-10(8-11(12(9)14)16(17)18)21(19,20)15-6-4-5-13(15,2)3/h7-8H,4-6H2,1-3H3. The predicted molar refractivity (Wildman–Crippen MR) is 75.0 cm³/mol. The highest BCUT2D eigenvalue weighted by Crippen LogP contribution is 2.35. The van der Waals surface area contributed by atoms with Crippen molar-refractivity contribution in [1.82, 2.24) is 4.31 Å². The molecule has 1 aromatic carbocycles. The molecule has 0 spiro atoms. The summed E-state index contributed by atoms with van der Waals surface area (Å²) in [5.74, 6) is -1.00. The summed E-state index contributed by atoms with van der Waals surface area (Å²) in [6, 6.07) is 1.94. The monoisotopic (exact) mass is 316 g/mol. The molecule has 1 aliphatic rings. The van der Waals surface area contributed by atoms with Crippen LogP contribution in [-0.2, 0) is 10.0 Å². The molecule has 6 nitrogen and oxygen atoms in total. The smallest absolute Gasteiger partial charge is 0.258 e. The molecule has 0 unspecified atom stereocenters. The van der Waals surface area contributed by atoms with E-state index >= 15 is 0 Å². The summed E-state index contributed by atoms with van der Waals surface area (Å²) in [7, 11) is -3.88. The first-order valence-corrected chi connectivity index (χ1v) is 7.99. The summed E-state index contributed by atoms with van der Waals surface area (Å²) in [4.78, 5) is 9.72. The Kier molecular flexibility index (Phi) is 3.79. The third kappa shape index (κ3) is 2.65. The number of halogens is 1. The lowest BCUT2D eigenvalue weighted by Crippen LogP contribution is -2.42. The van der Waals surface area contributed by atoms with Crippen molar-refractivity contribution < 1.29 is 17.7 Å². The van der Waals surface area contributed by atoms with Crippen molar-refractivity contribution in [2.75, 3.05) is 6.54 Å². The number of benzene rings is 1. The van der Waals surface area contributed by atoms with Gasteiger partial charge in [-0.15, -0.1) is 0 Å². The van der Waals surface area contributed by atoms with E-state index in [0.29, 0.717) is 13.0 Å². The normalized spacial score (nSPS) is 18.9. The molecule has 0 amide bonds. The maximum Gasteiger partial charge on any atom is 0.306 e. The average molecular weight is 316 g/mol. The minimum Gasteiger partial charge on any atom is -0.258 e. The molecular formula is C13H17FN2O4S. The van der Waals surface area contributed by atoms with Gasteiger partial charge in [0.25, 0.3) is 0 Å². The third-order valence-electron chi connectivity index (χ3n) is 3.82. The van der Waals surface area contributed by atoms with E-state index in [1.165, 1.54) is 11.2 Å². The van der Waals surface area contributed by atoms with Crippen LogP contribution in [0.3, 0.4) is 0 Å². The Bertz CT molecular complexity index is 700. The van der Waals surface area contributed by atoms with E-state index in [1.807, 2.05) is 13.8 Å². The molecule has 8 heteroatoms. The first-order valence-electron chi connectivity index (χ1n) is 6.55. The highest BCUT2D eigenvalue weighted by molar-refractivity contribution is 7.89. The third-order valence-corrected chi connectivity index (χ3v) is 5.91. The van der Waals surface area contributed by atoms with E-state index in [-0.39, 0.29) is 10.5 Å². The summed E-state index contributed by atoms with van der Waals surface area (Å²) in [6.45, 7) is 5.29. The van der Waals surface area contributed by atoms with Crippen LogP contribution in [0.4, 0.5) is 10.1 Å². The molecule has 1 heterocycles. The van der Waals surface area contributed by atoms with Crippen molar-refractivity contribution in [3.8, 4) is 0 Å². The number of hydrogen-bond acceptors (Lipinski definition) is 4. The fourth-order valence-corrected chi connectivity index (χ4v) is 4.61. The van der Waals surface area contributed by atoms with Crippen LogP contribution < -0.4 is 0 Å². The second-order valence-electron chi connectivity index (χ2n) is 5.82. The lowest BCUT2D eigenvalue weighted by atomic mass is 10.0. The molecule has 0 atom stereocenters. The number of nitro benzene ring substituents is 1. The Balaban J connectivity index is 2.58. The van der Waals surface area contributed by atoms with Crippen LogP contribution in [0.25, 0.3) is 0 Å². The molecule has 1 aliphatic heterocycles. The summed E-state index contributed by atoms with van der Waals surface area (Å²) in [5.41, 5.74) is -1.42. The van der Waals surface area contributed by atoms with Gasteiger partial charge in [-0.1, -0.05) is 0 Å². The fraction of sp³-hybridized carbons (Fsp3) is 0.538. The molecule has 0 aliphatic carbocycles. The number of sulfonamides is 1. The summed E-state index contributed by atoms with van der Waals surface area (Å²) in [5, 5.41) is 10.9. The predicted octanol–water partition coefficient (Wildman–Crippen LogP) is 2.61. The van der Waals surface area contributed by atoms with Crippen LogP contribution in [0.2, 0.25) is 0 Å². The Labute approximate surface area is 122 Å². The van der Waals surface area contributed by atoms with Gasteiger partial charge in [0.15, 0.2) is 0 Å². The zero-order chi connectivity index (χ0) is 16.0. The van der Waals surface area contributed by atoms with Crippen LogP contribution in [0.1, 0.15) is 32.3 Å². The van der Waals surface area contributed by atoms with Gasteiger partial charge >= 0.3 is 5.69 Å². The largest absolute Gasteiger partial charge is 0.306 e. The van der Waals surface area contributed by atoms with Crippen molar-refractivity contribution >= 4 is 15.7 Å². The Morgan fingerprint density at radius 2 is 2.00 bits per heavy atom. The molecule has 0 bridgehead atoms. The lowest BCUT2D eigenvalue weighted by Gasteiger charge is -2.30. The molecule has 116 valence electrons. The Hall–Kier alpha value is -1.54. The number of nitrogens with zero attached hydrogens (tertiary/aromatic N) is 2. The van der Waals surface area contributed by atoms with E-state index in [2.05, 4.69) is 0 Å². The van der Waals surface area contributed by atoms with Gasteiger partial charge in [-0.05, 0) is 45.2 Å². The van der Waals surface area contributed by atoms with Gasteiger partial charge < -0.3 is 0 Å². The van der Waals surface area contributed by atoms with E-state index in [9.17, 15) is 22.9 Å². The summed E-state index contributed by atoms with van der Waals surface area (Å²) < 4.78 is 40.4. The molecule has 1 saturated heterocycles. The maximum atomic E-state index is 13.7. The number of aryl methyl sites for hydroxylation is 1. The highest BCUT2D eigenvalue weighted by atomic mass is 32.2. The first kappa shape index (κ1) is 15.8. The molecule has 0 aromatic heterocycles. The zero-order valence-corrected chi connectivity index (χ0v) is 12.9. The van der Waals surface area contributed by atoms with Crippen molar-refractivity contribution in [3.05, 3.63) is 33.6 Å². The number of rotatable bonds is 3. The van der Waals surface area contributed by atoms with Crippen molar-refractivity contribution in [3.63, 3.8) is 0 Å². The minimum absolute atomic E-state index is 0.0558. The van der Waals surface area contributed by atoms with Crippen molar-refractivity contribution in [2.45, 2.75) is 44.0 Å². The van der Waals surface area contributed by atoms with Gasteiger partial charge in [0.1, 0.15) is 0 Å². The molecule has 2 rings (SSSR count).